The lowest BCUT2D eigenvalue weighted by molar-refractivity contribution is -0.144. The van der Waals surface area contributed by atoms with Crippen molar-refractivity contribution in [3.8, 4) is 5.75 Å². The van der Waals surface area contributed by atoms with Gasteiger partial charge < -0.3 is 14.8 Å². The Morgan fingerprint density at radius 2 is 1.50 bits per heavy atom. The summed E-state index contributed by atoms with van der Waals surface area (Å²) in [5.41, 5.74) is 1.59. The van der Waals surface area contributed by atoms with Gasteiger partial charge in [-0.15, -0.1) is 0 Å². The number of carbonyl (C=O) groups is 3. The molecule has 0 spiro atoms. The van der Waals surface area contributed by atoms with Crippen LogP contribution in [0.4, 0.5) is 0 Å². The van der Waals surface area contributed by atoms with E-state index in [1.165, 1.54) is 7.11 Å². The fourth-order valence-electron chi connectivity index (χ4n) is 2.98. The van der Waals surface area contributed by atoms with Gasteiger partial charge in [-0.2, -0.15) is 0 Å². The zero-order valence-corrected chi connectivity index (χ0v) is 18.2. The second-order valence-corrected chi connectivity index (χ2v) is 7.42. The van der Waals surface area contributed by atoms with Gasteiger partial charge in [-0.1, -0.05) is 41.9 Å². The highest BCUT2D eigenvalue weighted by Gasteiger charge is 2.24. The zero-order valence-electron chi connectivity index (χ0n) is 17.4. The molecule has 1 N–H and O–H groups in total. The summed E-state index contributed by atoms with van der Waals surface area (Å²) in [6, 6.07) is 21.1. The number of nitrogens with one attached hydrogen (secondary N) is 1. The van der Waals surface area contributed by atoms with E-state index in [9.17, 15) is 14.4 Å². The van der Waals surface area contributed by atoms with Gasteiger partial charge in [0.05, 0.1) is 7.11 Å². The van der Waals surface area contributed by atoms with Crippen LogP contribution in [0, 0.1) is 0 Å². The monoisotopic (exact) mass is 451 g/mol. The van der Waals surface area contributed by atoms with Crippen LogP contribution in [0.25, 0.3) is 0 Å². The largest absolute Gasteiger partial charge is 0.497 e. The lowest BCUT2D eigenvalue weighted by Crippen LogP contribution is -2.43. The number of hydrogen-bond acceptors (Lipinski definition) is 5. The lowest BCUT2D eigenvalue weighted by atomic mass is 10.1. The van der Waals surface area contributed by atoms with Crippen molar-refractivity contribution in [2.24, 2.45) is 0 Å². The first-order valence-electron chi connectivity index (χ1n) is 9.90. The van der Waals surface area contributed by atoms with Crippen molar-refractivity contribution in [1.29, 1.82) is 0 Å². The first-order chi connectivity index (χ1) is 15.5. The number of halogens is 1. The van der Waals surface area contributed by atoms with Gasteiger partial charge in [0.1, 0.15) is 11.8 Å². The van der Waals surface area contributed by atoms with Crippen LogP contribution in [-0.4, -0.2) is 37.4 Å². The number of ether oxygens (including phenoxy) is 2. The SMILES string of the molecule is COc1ccc(C(=O)NC(Cc2ccccc2)C(=O)OCC(=O)c2ccc(Cl)cc2)cc1. The van der Waals surface area contributed by atoms with E-state index in [1.807, 2.05) is 30.3 Å². The Labute approximate surface area is 191 Å². The molecule has 0 heterocycles. The van der Waals surface area contributed by atoms with Crippen LogP contribution in [0.1, 0.15) is 26.3 Å². The Kier molecular flexibility index (Phi) is 8.00. The highest BCUT2D eigenvalue weighted by atomic mass is 35.5. The molecular formula is C25H22ClNO5. The van der Waals surface area contributed by atoms with Crippen molar-refractivity contribution in [3.05, 3.63) is 101 Å². The Morgan fingerprint density at radius 1 is 0.875 bits per heavy atom. The van der Waals surface area contributed by atoms with Crippen molar-refractivity contribution >= 4 is 29.3 Å². The minimum absolute atomic E-state index is 0.219. The summed E-state index contributed by atoms with van der Waals surface area (Å²) >= 11 is 5.83. The van der Waals surface area contributed by atoms with Crippen molar-refractivity contribution in [3.63, 3.8) is 0 Å². The number of hydrogen-bond donors (Lipinski definition) is 1. The minimum Gasteiger partial charge on any atom is -0.497 e. The van der Waals surface area contributed by atoms with E-state index in [0.717, 1.165) is 5.56 Å². The van der Waals surface area contributed by atoms with Gasteiger partial charge in [0.15, 0.2) is 12.4 Å². The quantitative estimate of drug-likeness (QED) is 0.391. The summed E-state index contributed by atoms with van der Waals surface area (Å²) in [5.74, 6) is -0.884. The van der Waals surface area contributed by atoms with Crippen molar-refractivity contribution in [2.75, 3.05) is 13.7 Å². The molecule has 6 nitrogen and oxygen atoms in total. The molecule has 0 aromatic heterocycles. The third-order valence-corrected chi connectivity index (χ3v) is 4.99. The Balaban J connectivity index is 1.69. The van der Waals surface area contributed by atoms with Gasteiger partial charge in [0, 0.05) is 22.6 Å². The van der Waals surface area contributed by atoms with E-state index >= 15 is 0 Å². The number of carbonyl (C=O) groups excluding carboxylic acids is 3. The highest BCUT2D eigenvalue weighted by molar-refractivity contribution is 6.30. The third kappa shape index (κ3) is 6.43. The first-order valence-corrected chi connectivity index (χ1v) is 10.3. The summed E-state index contributed by atoms with van der Waals surface area (Å²) in [7, 11) is 1.53. The van der Waals surface area contributed by atoms with Gasteiger partial charge in [0.25, 0.3) is 5.91 Å². The lowest BCUT2D eigenvalue weighted by Gasteiger charge is -2.18. The third-order valence-electron chi connectivity index (χ3n) is 4.74. The molecule has 1 amide bonds. The van der Waals surface area contributed by atoms with Crippen molar-refractivity contribution in [1.82, 2.24) is 5.32 Å². The van der Waals surface area contributed by atoms with Crippen molar-refractivity contribution < 1.29 is 23.9 Å². The number of methoxy groups -OCH3 is 1. The second-order valence-electron chi connectivity index (χ2n) is 6.98. The van der Waals surface area contributed by atoms with Gasteiger partial charge in [-0.3, -0.25) is 9.59 Å². The fraction of sp³-hybridized carbons (Fsp3) is 0.160. The van der Waals surface area contributed by atoms with Crippen LogP contribution in [0.2, 0.25) is 5.02 Å². The second kappa shape index (κ2) is 11.1. The van der Waals surface area contributed by atoms with E-state index < -0.39 is 24.5 Å². The maximum Gasteiger partial charge on any atom is 0.329 e. The van der Waals surface area contributed by atoms with E-state index in [2.05, 4.69) is 5.32 Å². The highest BCUT2D eigenvalue weighted by Crippen LogP contribution is 2.13. The summed E-state index contributed by atoms with van der Waals surface area (Å²) in [6.07, 6.45) is 0.219. The summed E-state index contributed by atoms with van der Waals surface area (Å²) in [4.78, 5) is 37.8. The molecule has 0 saturated heterocycles. The van der Waals surface area contributed by atoms with Crippen LogP contribution >= 0.6 is 11.6 Å². The normalized spacial score (nSPS) is 11.3. The van der Waals surface area contributed by atoms with E-state index in [1.54, 1.807) is 48.5 Å². The standard InChI is InChI=1S/C25H22ClNO5/c1-31-21-13-9-19(10-14-21)24(29)27-22(15-17-5-3-2-4-6-17)25(30)32-16-23(28)18-7-11-20(26)12-8-18/h2-14,22H,15-16H2,1H3,(H,27,29). The number of rotatable bonds is 9. The van der Waals surface area contributed by atoms with Crippen LogP contribution < -0.4 is 10.1 Å². The Bertz CT molecular complexity index is 1070. The summed E-state index contributed by atoms with van der Waals surface area (Å²) in [6.45, 7) is -0.440. The van der Waals surface area contributed by atoms with Crippen LogP contribution in [0.5, 0.6) is 5.75 Å². The molecule has 0 radical (unpaired) electrons. The number of ketones is 1. The molecular weight excluding hydrogens is 430 g/mol. The molecule has 164 valence electrons. The zero-order chi connectivity index (χ0) is 22.9. The van der Waals surface area contributed by atoms with Crippen molar-refractivity contribution in [2.45, 2.75) is 12.5 Å². The number of amides is 1. The Morgan fingerprint density at radius 3 is 2.12 bits per heavy atom. The first kappa shape index (κ1) is 23.0. The van der Waals surface area contributed by atoms with E-state index in [0.29, 0.717) is 21.9 Å². The summed E-state index contributed by atoms with van der Waals surface area (Å²) < 4.78 is 10.3. The van der Waals surface area contributed by atoms with Gasteiger partial charge in [-0.05, 0) is 54.1 Å². The molecule has 0 aliphatic heterocycles. The molecule has 3 aromatic rings. The number of Topliss-reactive ketones (excluding diaryl/α,β-unsaturated/α-hetero) is 1. The average molecular weight is 452 g/mol. The predicted molar refractivity (Wildman–Crippen MR) is 121 cm³/mol. The molecule has 0 aliphatic rings. The maximum atomic E-state index is 12.8. The van der Waals surface area contributed by atoms with Crippen LogP contribution in [0.3, 0.4) is 0 Å². The maximum absolute atomic E-state index is 12.8. The number of benzene rings is 3. The molecule has 0 saturated carbocycles. The molecule has 3 aromatic carbocycles. The molecule has 7 heteroatoms. The predicted octanol–water partition coefficient (Wildman–Crippen LogP) is 4.12. The van der Waals surface area contributed by atoms with Crippen LogP contribution in [-0.2, 0) is 16.0 Å². The molecule has 3 rings (SSSR count). The van der Waals surface area contributed by atoms with Crippen LogP contribution in [0.15, 0.2) is 78.9 Å². The van der Waals surface area contributed by atoms with E-state index in [4.69, 9.17) is 21.1 Å². The van der Waals surface area contributed by atoms with E-state index in [-0.39, 0.29) is 12.2 Å². The van der Waals surface area contributed by atoms with Gasteiger partial charge in [-0.25, -0.2) is 4.79 Å². The molecule has 1 atom stereocenters. The molecule has 0 bridgehead atoms. The average Bonchev–Trinajstić information content (AvgIpc) is 2.83. The molecule has 0 fully saturated rings. The number of esters is 1. The molecule has 1 unspecified atom stereocenters. The topological polar surface area (TPSA) is 81.7 Å². The molecule has 0 aliphatic carbocycles. The van der Waals surface area contributed by atoms with Gasteiger partial charge in [0.2, 0.25) is 0 Å². The molecule has 32 heavy (non-hydrogen) atoms. The smallest absolute Gasteiger partial charge is 0.329 e. The Hall–Kier alpha value is -3.64. The van der Waals surface area contributed by atoms with Gasteiger partial charge >= 0.3 is 5.97 Å². The minimum atomic E-state index is -0.968. The fourth-order valence-corrected chi connectivity index (χ4v) is 3.11. The summed E-state index contributed by atoms with van der Waals surface area (Å²) in [5, 5.41) is 3.21.